The number of rotatable bonds is 34. The van der Waals surface area contributed by atoms with Crippen LogP contribution in [0.1, 0.15) is 12.8 Å². The van der Waals surface area contributed by atoms with Gasteiger partial charge in [0.1, 0.15) is 30.8 Å². The maximum Gasteiger partial charge on any atom is 0.500 e. The van der Waals surface area contributed by atoms with Gasteiger partial charge in [-0.1, -0.05) is 48.5 Å². The highest BCUT2D eigenvalue weighted by atomic mass is 32.2. The van der Waals surface area contributed by atoms with Crippen LogP contribution in [0.25, 0.3) is 67.8 Å². The van der Waals surface area contributed by atoms with E-state index in [4.69, 9.17) is 51.7 Å². The zero-order valence-electron chi connectivity index (χ0n) is 46.2. The van der Waals surface area contributed by atoms with Crippen molar-refractivity contribution in [2.75, 3.05) is 103 Å². The highest BCUT2D eigenvalue weighted by Crippen LogP contribution is 2.32. The highest BCUT2D eigenvalue weighted by Gasteiger charge is 2.41. The predicted molar refractivity (Wildman–Crippen MR) is 325 cm³/mol. The van der Waals surface area contributed by atoms with Gasteiger partial charge >= 0.3 is 8.80 Å². The summed E-state index contributed by atoms with van der Waals surface area (Å²) >= 11 is 3.52. The van der Waals surface area contributed by atoms with Crippen LogP contribution in [-0.2, 0) is 32.2 Å². The first-order chi connectivity index (χ1) is 40.5. The summed E-state index contributed by atoms with van der Waals surface area (Å²) in [5, 5.41) is 10.8. The van der Waals surface area contributed by atoms with Gasteiger partial charge in [0, 0.05) is 80.8 Å². The molecule has 7 heterocycles. The maximum absolute atomic E-state index is 10.8. The first-order valence-electron chi connectivity index (χ1n) is 27.7. The Balaban J connectivity index is 0.684. The molecule has 0 bridgehead atoms. The first-order valence-corrected chi connectivity index (χ1v) is 31.9. The van der Waals surface area contributed by atoms with E-state index in [9.17, 15) is 5.11 Å². The molecule has 1 atom stereocenters. The number of thioether (sulfide) groups is 2. The Labute approximate surface area is 490 Å². The zero-order valence-corrected chi connectivity index (χ0v) is 48.8. The summed E-state index contributed by atoms with van der Waals surface area (Å²) in [7, 11) is -0.968. The molecule has 19 heteroatoms. The molecule has 0 radical (unpaired) electrons. The number of ether oxygens (including phenoxy) is 6. The van der Waals surface area contributed by atoms with E-state index in [-0.39, 0.29) is 19.3 Å². The molecule has 8 aromatic rings. The molecule has 2 aromatic carbocycles. The highest BCUT2D eigenvalue weighted by molar-refractivity contribution is 8.00. The quantitative estimate of drug-likeness (QED) is 0.0297. The van der Waals surface area contributed by atoms with Crippen molar-refractivity contribution in [2.24, 2.45) is 0 Å². The topological polar surface area (TPSA) is 181 Å². The summed E-state index contributed by atoms with van der Waals surface area (Å²) < 4.78 is 53.6. The summed E-state index contributed by atoms with van der Waals surface area (Å²) in [6.07, 6.45) is 7.83. The average molecular weight is 1160 g/mol. The molecule has 6 aromatic heterocycles. The van der Waals surface area contributed by atoms with Gasteiger partial charge in [-0.15, -0.1) is 0 Å². The van der Waals surface area contributed by atoms with Crippen molar-refractivity contribution in [3.8, 4) is 79.3 Å². The van der Waals surface area contributed by atoms with Gasteiger partial charge in [-0.25, -0.2) is 9.97 Å². The van der Waals surface area contributed by atoms with Crippen LogP contribution >= 0.6 is 23.5 Å². The van der Waals surface area contributed by atoms with Crippen LogP contribution < -0.4 is 9.47 Å². The van der Waals surface area contributed by atoms with Crippen LogP contribution in [-0.4, -0.2) is 159 Å². The van der Waals surface area contributed by atoms with Crippen molar-refractivity contribution in [1.29, 1.82) is 0 Å². The second-order valence-electron chi connectivity index (χ2n) is 19.0. The van der Waals surface area contributed by atoms with Gasteiger partial charge in [0.15, 0.2) is 0 Å². The summed E-state index contributed by atoms with van der Waals surface area (Å²) in [6.45, 7) is 5.01. The van der Waals surface area contributed by atoms with E-state index in [2.05, 4.69) is 44.2 Å². The number of benzene rings is 2. The number of aliphatic hydroxyl groups excluding tert-OH is 1. The fourth-order valence-corrected chi connectivity index (χ4v) is 12.9. The molecule has 0 amide bonds. The Morgan fingerprint density at radius 2 is 0.927 bits per heavy atom. The van der Waals surface area contributed by atoms with Crippen LogP contribution in [0, 0.1) is 0 Å². The van der Waals surface area contributed by atoms with Gasteiger partial charge in [0.05, 0.1) is 91.3 Å². The Bertz CT molecular complexity index is 2790. The molecule has 82 heavy (non-hydrogen) atoms. The molecule has 1 N–H and O–H groups in total. The smallest absolute Gasteiger partial charge is 0.491 e. The molecule has 0 spiro atoms. The molecule has 1 saturated heterocycles. The number of hydrogen-bond acceptors (Lipinski definition) is 18. The Morgan fingerprint density at radius 1 is 0.488 bits per heavy atom. The number of aliphatic hydroxyl groups is 1. The van der Waals surface area contributed by atoms with E-state index < -0.39 is 14.9 Å². The van der Waals surface area contributed by atoms with Crippen LogP contribution in [0.4, 0.5) is 0 Å². The first kappa shape index (κ1) is 60.1. The third kappa shape index (κ3) is 19.0. The van der Waals surface area contributed by atoms with Gasteiger partial charge in [-0.3, -0.25) is 19.9 Å². The van der Waals surface area contributed by atoms with Crippen molar-refractivity contribution in [2.45, 2.75) is 31.1 Å². The predicted octanol–water partition coefficient (Wildman–Crippen LogP) is 11.2. The minimum absolute atomic E-state index is 0.0962. The van der Waals surface area contributed by atoms with E-state index in [0.717, 1.165) is 115 Å². The van der Waals surface area contributed by atoms with Gasteiger partial charge in [-0.05, 0) is 132 Å². The Hall–Kier alpha value is -6.46. The number of pyridine rings is 6. The summed E-state index contributed by atoms with van der Waals surface area (Å²) in [5.74, 6) is 4.57. The lowest BCUT2D eigenvalue weighted by Gasteiger charge is -2.31. The molecule has 16 nitrogen and oxygen atoms in total. The normalized spacial score (nSPS) is 13.5. The molecule has 1 fully saturated rings. The van der Waals surface area contributed by atoms with E-state index in [1.165, 1.54) is 0 Å². The third-order valence-corrected chi connectivity index (χ3v) is 17.9. The molecular formula is C63H70N6O10S2Si. The number of nitrogens with zero attached hydrogens (tertiary/aromatic N) is 6. The molecule has 0 saturated carbocycles. The fraction of sp³-hybridized carbons (Fsp3) is 0.333. The van der Waals surface area contributed by atoms with E-state index in [1.54, 1.807) is 55.4 Å². The largest absolute Gasteiger partial charge is 0.500 e. The lowest BCUT2D eigenvalue weighted by Crippen LogP contribution is -2.48. The minimum atomic E-state index is -2.62. The second kappa shape index (κ2) is 33.0. The van der Waals surface area contributed by atoms with Crippen LogP contribution in [0.5, 0.6) is 11.5 Å². The van der Waals surface area contributed by atoms with Gasteiger partial charge in [-0.2, -0.15) is 23.5 Å². The van der Waals surface area contributed by atoms with Crippen molar-refractivity contribution < 1.29 is 46.8 Å². The minimum Gasteiger partial charge on any atom is -0.491 e. The van der Waals surface area contributed by atoms with E-state index in [1.807, 2.05) is 121 Å². The monoisotopic (exact) mass is 1160 g/mol. The van der Waals surface area contributed by atoms with Crippen LogP contribution in [0.15, 0.2) is 170 Å². The number of aromatic nitrogens is 6. The Kier molecular flexibility index (Phi) is 24.2. The lowest BCUT2D eigenvalue weighted by molar-refractivity contribution is -0.0341. The number of hydrogen-bond donors (Lipinski definition) is 1. The van der Waals surface area contributed by atoms with Crippen molar-refractivity contribution in [3.05, 3.63) is 170 Å². The SMILES string of the molecule is CO[Si]1(CCCOCC(O)COC(CSCCOCCOc2ccc(-c3cc(-c4ccccn4)nc(-c4ccccn4)c3)cc2)CSCCOCCOc2ccc(-c3cc(-c4ccccn4)nc(-c4ccccn4)c3)cc2)OCCCO1. The zero-order chi connectivity index (χ0) is 56.3. The van der Waals surface area contributed by atoms with Gasteiger partial charge in [0.2, 0.25) is 0 Å². The summed E-state index contributed by atoms with van der Waals surface area (Å²) in [6, 6.07) is 48.2. The van der Waals surface area contributed by atoms with E-state index >= 15 is 0 Å². The van der Waals surface area contributed by atoms with Gasteiger partial charge < -0.3 is 46.8 Å². The summed E-state index contributed by atoms with van der Waals surface area (Å²) in [5.41, 5.74) is 10.3. The molecule has 1 aliphatic heterocycles. The van der Waals surface area contributed by atoms with Crippen molar-refractivity contribution >= 4 is 32.3 Å². The van der Waals surface area contributed by atoms with Crippen molar-refractivity contribution in [1.82, 2.24) is 29.9 Å². The molecule has 1 unspecified atom stereocenters. The molecule has 9 rings (SSSR count). The molecule has 428 valence electrons. The molecule has 0 aliphatic carbocycles. The third-order valence-electron chi connectivity index (χ3n) is 12.9. The fourth-order valence-electron chi connectivity index (χ4n) is 8.74. The standard InChI is InChI=1S/C63H70N6O10S2Si/c1-71-82(78-29-10-30-79-82)39-11-28-74-44-52(70)45-77-55(46-80-37-35-72-31-33-75-53-20-16-48(17-21-53)50-40-60(56-12-2-6-24-64-56)68-61(41-50)57-13-3-7-25-65-57)47-81-38-36-73-32-34-76-54-22-18-49(19-23-54)51-42-62(58-14-4-8-26-66-58)69-63(43-51)59-15-5-9-27-67-59/h2-9,12-27,40-43,52,55,70H,10-11,28-39,44-47H2,1H3. The maximum atomic E-state index is 10.8. The van der Waals surface area contributed by atoms with Gasteiger partial charge in [0.25, 0.3) is 0 Å². The second-order valence-corrected chi connectivity index (χ2v) is 24.1. The van der Waals surface area contributed by atoms with E-state index in [0.29, 0.717) is 65.5 Å². The molecule has 1 aliphatic rings. The average Bonchev–Trinajstić information content (AvgIpc) is 3.64. The summed E-state index contributed by atoms with van der Waals surface area (Å²) in [4.78, 5) is 27.9. The Morgan fingerprint density at radius 3 is 1.33 bits per heavy atom. The van der Waals surface area contributed by atoms with Crippen molar-refractivity contribution in [3.63, 3.8) is 0 Å². The molecular weight excluding hydrogens is 1090 g/mol. The van der Waals surface area contributed by atoms with Crippen LogP contribution in [0.2, 0.25) is 6.04 Å². The lowest BCUT2D eigenvalue weighted by atomic mass is 10.0. The van der Waals surface area contributed by atoms with Crippen LogP contribution in [0.3, 0.4) is 0 Å².